The molecule has 2 aromatic rings. The Hall–Kier alpha value is -3.37. The summed E-state index contributed by atoms with van der Waals surface area (Å²) in [5.41, 5.74) is 3.83. The summed E-state index contributed by atoms with van der Waals surface area (Å²) in [4.78, 5) is 27.4. The van der Waals surface area contributed by atoms with Gasteiger partial charge in [0.1, 0.15) is 12.6 Å². The van der Waals surface area contributed by atoms with Gasteiger partial charge in [0.2, 0.25) is 5.91 Å². The second-order valence-corrected chi connectivity index (χ2v) is 8.39. The van der Waals surface area contributed by atoms with Crippen LogP contribution in [0.25, 0.3) is 11.1 Å². The Labute approximate surface area is 189 Å². The number of hydrogen-bond acceptors (Lipinski definition) is 5. The molecular weight excluding hydrogens is 402 g/mol. The highest BCUT2D eigenvalue weighted by molar-refractivity contribution is 5.98. The van der Waals surface area contributed by atoms with Gasteiger partial charge in [-0.15, -0.1) is 0 Å². The minimum Gasteiger partial charge on any atom is -0.369 e. The van der Waals surface area contributed by atoms with Gasteiger partial charge >= 0.3 is 0 Å². The van der Waals surface area contributed by atoms with Crippen molar-refractivity contribution in [2.24, 2.45) is 5.92 Å². The number of amides is 2. The van der Waals surface area contributed by atoms with E-state index in [-0.39, 0.29) is 24.3 Å². The summed E-state index contributed by atoms with van der Waals surface area (Å²) in [7, 11) is 0. The van der Waals surface area contributed by atoms with E-state index in [2.05, 4.69) is 45.1 Å². The van der Waals surface area contributed by atoms with Gasteiger partial charge in [0.25, 0.3) is 5.91 Å². The third kappa shape index (κ3) is 6.32. The van der Waals surface area contributed by atoms with E-state index in [1.165, 1.54) is 5.69 Å². The van der Waals surface area contributed by atoms with Gasteiger partial charge < -0.3 is 20.9 Å². The number of nitrogens with zero attached hydrogens (tertiary/aromatic N) is 2. The van der Waals surface area contributed by atoms with Crippen molar-refractivity contribution in [1.29, 1.82) is 5.26 Å². The maximum Gasteiger partial charge on any atom is 0.251 e. The molecule has 0 unspecified atom stereocenters. The summed E-state index contributed by atoms with van der Waals surface area (Å²) < 4.78 is 0. The standard InChI is InChI=1S/C25H31N5O2/c1-18(2)17-23(25(32)28-12-11-26)29-24(31)21-5-3-19(4-6-21)20-7-9-22(10-8-20)30-15-13-27-14-16-30/h3-10,18,23,27H,12-17H2,1-2H3,(H,28,32)(H,29,31)/t23-/m0/s1. The Kier molecular flexibility index (Phi) is 8.23. The summed E-state index contributed by atoms with van der Waals surface area (Å²) in [5.74, 6) is -0.419. The van der Waals surface area contributed by atoms with E-state index >= 15 is 0 Å². The monoisotopic (exact) mass is 433 g/mol. The van der Waals surface area contributed by atoms with E-state index in [4.69, 9.17) is 5.26 Å². The second kappa shape index (κ2) is 11.3. The molecule has 0 aliphatic carbocycles. The molecule has 1 aliphatic heterocycles. The zero-order valence-corrected chi connectivity index (χ0v) is 18.7. The lowest BCUT2D eigenvalue weighted by Gasteiger charge is -2.29. The maximum absolute atomic E-state index is 12.7. The molecule has 1 aliphatic rings. The summed E-state index contributed by atoms with van der Waals surface area (Å²) in [5, 5.41) is 17.4. The molecule has 0 saturated carbocycles. The van der Waals surface area contributed by atoms with E-state index in [9.17, 15) is 9.59 Å². The van der Waals surface area contributed by atoms with Gasteiger partial charge in [0.05, 0.1) is 6.07 Å². The van der Waals surface area contributed by atoms with E-state index in [1.807, 2.05) is 32.0 Å². The topological polar surface area (TPSA) is 97.3 Å². The molecule has 7 nitrogen and oxygen atoms in total. The lowest BCUT2D eigenvalue weighted by atomic mass is 10.0. The summed E-state index contributed by atoms with van der Waals surface area (Å²) in [6.07, 6.45) is 0.501. The molecule has 1 heterocycles. The molecule has 0 radical (unpaired) electrons. The molecule has 32 heavy (non-hydrogen) atoms. The average molecular weight is 434 g/mol. The van der Waals surface area contributed by atoms with Crippen molar-refractivity contribution in [2.45, 2.75) is 26.3 Å². The van der Waals surface area contributed by atoms with Crippen LogP contribution in [0.15, 0.2) is 48.5 Å². The number of rotatable bonds is 8. The zero-order valence-electron chi connectivity index (χ0n) is 18.7. The number of nitriles is 1. The second-order valence-electron chi connectivity index (χ2n) is 8.39. The Morgan fingerprint density at radius 2 is 1.62 bits per heavy atom. The molecule has 2 aromatic carbocycles. The Balaban J connectivity index is 1.65. The number of benzene rings is 2. The highest BCUT2D eigenvalue weighted by atomic mass is 16.2. The van der Waals surface area contributed by atoms with Crippen LogP contribution in [-0.2, 0) is 4.79 Å². The number of carbonyl (C=O) groups excluding carboxylic acids is 2. The largest absolute Gasteiger partial charge is 0.369 e. The van der Waals surface area contributed by atoms with Gasteiger partial charge in [-0.1, -0.05) is 38.1 Å². The van der Waals surface area contributed by atoms with Crippen LogP contribution in [0, 0.1) is 17.2 Å². The van der Waals surface area contributed by atoms with Crippen LogP contribution >= 0.6 is 0 Å². The molecule has 3 rings (SSSR count). The van der Waals surface area contributed by atoms with Gasteiger partial charge in [0.15, 0.2) is 0 Å². The fourth-order valence-corrected chi connectivity index (χ4v) is 3.80. The van der Waals surface area contributed by atoms with E-state index < -0.39 is 6.04 Å². The van der Waals surface area contributed by atoms with Crippen LogP contribution in [0.4, 0.5) is 5.69 Å². The van der Waals surface area contributed by atoms with Gasteiger partial charge in [-0.2, -0.15) is 5.26 Å². The first-order chi connectivity index (χ1) is 15.5. The van der Waals surface area contributed by atoms with Gasteiger partial charge in [-0.05, 0) is 47.7 Å². The van der Waals surface area contributed by atoms with Crippen molar-refractivity contribution < 1.29 is 9.59 Å². The van der Waals surface area contributed by atoms with E-state index in [0.717, 1.165) is 37.3 Å². The fraction of sp³-hybridized carbons (Fsp3) is 0.400. The van der Waals surface area contributed by atoms with Crippen molar-refractivity contribution >= 4 is 17.5 Å². The number of hydrogen-bond donors (Lipinski definition) is 3. The maximum atomic E-state index is 12.7. The molecule has 0 spiro atoms. The van der Waals surface area contributed by atoms with Crippen LogP contribution < -0.4 is 20.9 Å². The molecule has 168 valence electrons. The normalized spacial score (nSPS) is 14.5. The average Bonchev–Trinajstić information content (AvgIpc) is 2.82. The molecule has 0 bridgehead atoms. The molecule has 2 amide bonds. The van der Waals surface area contributed by atoms with Gasteiger partial charge in [-0.3, -0.25) is 9.59 Å². The molecule has 1 fully saturated rings. The van der Waals surface area contributed by atoms with Crippen LogP contribution in [0.3, 0.4) is 0 Å². The molecule has 1 saturated heterocycles. The predicted molar refractivity (Wildman–Crippen MR) is 126 cm³/mol. The van der Waals surface area contributed by atoms with E-state index in [1.54, 1.807) is 12.1 Å². The van der Waals surface area contributed by atoms with Crippen LogP contribution in [-0.4, -0.2) is 50.6 Å². The molecule has 3 N–H and O–H groups in total. The Morgan fingerprint density at radius 3 is 2.19 bits per heavy atom. The Morgan fingerprint density at radius 1 is 1.03 bits per heavy atom. The SMILES string of the molecule is CC(C)C[C@H](NC(=O)c1ccc(-c2ccc(N3CCNCC3)cc2)cc1)C(=O)NCC#N. The van der Waals surface area contributed by atoms with Crippen molar-refractivity contribution in [1.82, 2.24) is 16.0 Å². The molecule has 7 heteroatoms. The lowest BCUT2D eigenvalue weighted by Crippen LogP contribution is -2.47. The smallest absolute Gasteiger partial charge is 0.251 e. The summed E-state index contributed by atoms with van der Waals surface area (Å²) in [6.45, 7) is 7.92. The highest BCUT2D eigenvalue weighted by Crippen LogP contribution is 2.24. The number of nitrogens with one attached hydrogen (secondary N) is 3. The fourth-order valence-electron chi connectivity index (χ4n) is 3.80. The molecule has 0 aromatic heterocycles. The Bertz CT molecular complexity index is 942. The zero-order chi connectivity index (χ0) is 22.9. The first kappa shape index (κ1) is 23.3. The van der Waals surface area contributed by atoms with Gasteiger partial charge in [-0.25, -0.2) is 0 Å². The molecular formula is C25H31N5O2. The van der Waals surface area contributed by atoms with Crippen molar-refractivity contribution in [3.63, 3.8) is 0 Å². The first-order valence-electron chi connectivity index (χ1n) is 11.1. The van der Waals surface area contributed by atoms with Crippen molar-refractivity contribution in [2.75, 3.05) is 37.6 Å². The third-order valence-corrected chi connectivity index (χ3v) is 5.50. The summed E-state index contributed by atoms with van der Waals surface area (Å²) in [6, 6.07) is 17.1. The minimum atomic E-state index is -0.673. The van der Waals surface area contributed by atoms with Crippen LogP contribution in [0.1, 0.15) is 30.6 Å². The number of anilines is 1. The first-order valence-corrected chi connectivity index (χ1v) is 11.1. The van der Waals surface area contributed by atoms with Gasteiger partial charge in [0, 0.05) is 37.4 Å². The third-order valence-electron chi connectivity index (χ3n) is 5.50. The number of piperazine rings is 1. The summed E-state index contributed by atoms with van der Waals surface area (Å²) >= 11 is 0. The quantitative estimate of drug-likeness (QED) is 0.556. The van der Waals surface area contributed by atoms with E-state index in [0.29, 0.717) is 12.0 Å². The van der Waals surface area contributed by atoms with Crippen LogP contribution in [0.5, 0.6) is 0 Å². The predicted octanol–water partition coefficient (Wildman–Crippen LogP) is 2.55. The minimum absolute atomic E-state index is 0.0779. The molecule has 1 atom stereocenters. The van der Waals surface area contributed by atoms with Crippen molar-refractivity contribution in [3.05, 3.63) is 54.1 Å². The van der Waals surface area contributed by atoms with Crippen LogP contribution in [0.2, 0.25) is 0 Å². The number of carbonyl (C=O) groups is 2. The van der Waals surface area contributed by atoms with Crippen molar-refractivity contribution in [3.8, 4) is 17.2 Å². The highest BCUT2D eigenvalue weighted by Gasteiger charge is 2.22. The lowest BCUT2D eigenvalue weighted by molar-refractivity contribution is -0.123.